The molecule has 0 aliphatic rings. The molecule has 63 valence electrons. The molecule has 0 saturated heterocycles. The number of esters is 1. The Hall–Kier alpha value is -1.58. The summed E-state index contributed by atoms with van der Waals surface area (Å²) in [6.45, 7) is 1.68. The van der Waals surface area contributed by atoms with Crippen LogP contribution in [0.3, 0.4) is 0 Å². The van der Waals surface area contributed by atoms with Crippen LogP contribution in [0.4, 0.5) is 0 Å². The quantitative estimate of drug-likeness (QED) is 0.591. The number of carbonyl (C=O) groups excluding carboxylic acids is 1. The lowest BCUT2D eigenvalue weighted by molar-refractivity contribution is 0.0594. The highest BCUT2D eigenvalue weighted by atomic mass is 16.5. The van der Waals surface area contributed by atoms with E-state index < -0.39 is 11.8 Å². The summed E-state index contributed by atoms with van der Waals surface area (Å²) in [5, 5.41) is 11.0. The lowest BCUT2D eigenvalue weighted by Crippen LogP contribution is -2.02. The first-order valence-corrected chi connectivity index (χ1v) is 3.38. The van der Waals surface area contributed by atoms with Crippen LogP contribution in [-0.4, -0.2) is 18.1 Å². The van der Waals surface area contributed by atoms with Crippen molar-refractivity contribution in [3.63, 3.8) is 0 Å². The number of hydrogen-bond donors (Lipinski definition) is 0. The van der Waals surface area contributed by atoms with E-state index in [4.69, 9.17) is 0 Å². The van der Waals surface area contributed by atoms with Crippen molar-refractivity contribution >= 4 is 5.97 Å². The molecule has 0 saturated carbocycles. The number of methoxy groups -OCH3 is 1. The zero-order valence-corrected chi connectivity index (χ0v) is 6.83. The lowest BCUT2D eigenvalue weighted by atomic mass is 10.2. The normalized spacial score (nSPS) is 9.50. The number of hydrogen-bond acceptors (Lipinski definition) is 3. The van der Waals surface area contributed by atoms with Crippen molar-refractivity contribution in [3.05, 3.63) is 23.4 Å². The van der Waals surface area contributed by atoms with Crippen molar-refractivity contribution < 1.29 is 14.6 Å². The summed E-state index contributed by atoms with van der Waals surface area (Å²) in [5.74, 6) is -1.19. The van der Waals surface area contributed by atoms with Gasteiger partial charge in [-0.25, -0.2) is 9.78 Å². The number of nitrogens with zero attached hydrogens (tertiary/aromatic N) is 1. The monoisotopic (exact) mass is 166 g/mol. The molecule has 0 aromatic carbocycles. The van der Waals surface area contributed by atoms with Gasteiger partial charge in [-0.3, -0.25) is 5.11 Å². The van der Waals surface area contributed by atoms with Gasteiger partial charge in [0.1, 0.15) is 5.56 Å². The number of aryl methyl sites for hydroxylation is 1. The van der Waals surface area contributed by atoms with Gasteiger partial charge in [0.25, 0.3) is 5.88 Å². The van der Waals surface area contributed by atoms with Gasteiger partial charge < -0.3 is 4.74 Å². The summed E-state index contributed by atoms with van der Waals surface area (Å²) in [5.41, 5.74) is 0.566. The van der Waals surface area contributed by atoms with Gasteiger partial charge in [-0.05, 0) is 19.1 Å². The minimum absolute atomic E-state index is 0.0249. The molecule has 0 spiro atoms. The van der Waals surface area contributed by atoms with Gasteiger partial charge in [0, 0.05) is 5.69 Å². The number of ether oxygens (including phenoxy) is 1. The van der Waals surface area contributed by atoms with Crippen molar-refractivity contribution in [1.29, 1.82) is 0 Å². The lowest BCUT2D eigenvalue weighted by Gasteiger charge is -1.99. The Balaban J connectivity index is 3.09. The molecular weight excluding hydrogens is 158 g/mol. The van der Waals surface area contributed by atoms with Crippen LogP contribution in [0.25, 0.3) is 0 Å². The second kappa shape index (κ2) is 3.21. The molecule has 0 bridgehead atoms. The molecule has 1 aromatic heterocycles. The molecule has 0 atom stereocenters. The van der Waals surface area contributed by atoms with Crippen molar-refractivity contribution in [1.82, 2.24) is 4.98 Å². The van der Waals surface area contributed by atoms with Crippen molar-refractivity contribution in [3.8, 4) is 5.88 Å². The standard InChI is InChI=1S/C8H8NO3/c1-5-3-4-6(7(10)9-5)8(11)12-2/h3-4H,1-2H3. The van der Waals surface area contributed by atoms with Crippen LogP contribution in [0.5, 0.6) is 5.88 Å². The third-order valence-corrected chi connectivity index (χ3v) is 1.40. The van der Waals surface area contributed by atoms with Crippen LogP contribution in [0.15, 0.2) is 12.1 Å². The van der Waals surface area contributed by atoms with E-state index in [2.05, 4.69) is 9.72 Å². The van der Waals surface area contributed by atoms with Crippen molar-refractivity contribution in [2.45, 2.75) is 6.92 Å². The molecule has 0 N–H and O–H groups in total. The highest BCUT2D eigenvalue weighted by molar-refractivity contribution is 5.91. The SMILES string of the molecule is COC(=O)c1ccc(C)nc1[O]. The van der Waals surface area contributed by atoms with Crippen molar-refractivity contribution in [2.24, 2.45) is 0 Å². The molecule has 1 aromatic rings. The van der Waals surface area contributed by atoms with E-state index in [9.17, 15) is 9.90 Å². The fourth-order valence-corrected chi connectivity index (χ4v) is 0.798. The van der Waals surface area contributed by atoms with Gasteiger partial charge in [0.2, 0.25) is 0 Å². The third kappa shape index (κ3) is 1.53. The van der Waals surface area contributed by atoms with Gasteiger partial charge in [-0.15, -0.1) is 0 Å². The average Bonchev–Trinajstić information content (AvgIpc) is 2.03. The Morgan fingerprint density at radius 2 is 2.17 bits per heavy atom. The first kappa shape index (κ1) is 8.52. The summed E-state index contributed by atoms with van der Waals surface area (Å²) in [6, 6.07) is 3.00. The zero-order chi connectivity index (χ0) is 9.14. The van der Waals surface area contributed by atoms with E-state index >= 15 is 0 Å². The molecule has 0 aliphatic carbocycles. The molecule has 4 nitrogen and oxygen atoms in total. The van der Waals surface area contributed by atoms with E-state index in [0.717, 1.165) is 0 Å². The van der Waals surface area contributed by atoms with Gasteiger partial charge in [0.15, 0.2) is 0 Å². The molecule has 12 heavy (non-hydrogen) atoms. The number of aromatic nitrogens is 1. The smallest absolute Gasteiger partial charge is 0.343 e. The molecule has 0 fully saturated rings. The van der Waals surface area contributed by atoms with E-state index in [1.165, 1.54) is 13.2 Å². The zero-order valence-electron chi connectivity index (χ0n) is 6.83. The van der Waals surface area contributed by atoms with Crippen LogP contribution >= 0.6 is 0 Å². The Bertz CT molecular complexity index is 309. The van der Waals surface area contributed by atoms with Gasteiger partial charge in [-0.2, -0.15) is 0 Å². The maximum atomic E-state index is 11.0. The summed E-state index contributed by atoms with van der Waals surface area (Å²) in [4.78, 5) is 14.5. The summed E-state index contributed by atoms with van der Waals surface area (Å²) >= 11 is 0. The molecule has 1 heterocycles. The van der Waals surface area contributed by atoms with Gasteiger partial charge >= 0.3 is 5.97 Å². The number of carbonyl (C=O) groups is 1. The minimum atomic E-state index is -0.646. The first-order chi connectivity index (χ1) is 5.65. The predicted molar refractivity (Wildman–Crippen MR) is 40.4 cm³/mol. The summed E-state index contributed by atoms with van der Waals surface area (Å²) in [6.07, 6.45) is 0. The molecule has 0 unspecified atom stereocenters. The Kier molecular flexibility index (Phi) is 2.28. The average molecular weight is 166 g/mol. The maximum absolute atomic E-state index is 11.0. The van der Waals surface area contributed by atoms with Crippen LogP contribution < -0.4 is 0 Å². The molecule has 0 aliphatic heterocycles. The molecule has 1 rings (SSSR count). The van der Waals surface area contributed by atoms with Crippen LogP contribution in [-0.2, 0) is 9.84 Å². The maximum Gasteiger partial charge on any atom is 0.343 e. The molecule has 4 heteroatoms. The number of pyridine rings is 1. The van der Waals surface area contributed by atoms with E-state index in [1.54, 1.807) is 13.0 Å². The Morgan fingerprint density at radius 1 is 1.50 bits per heavy atom. The second-order valence-corrected chi connectivity index (χ2v) is 2.30. The molecule has 1 radical (unpaired) electrons. The highest BCUT2D eigenvalue weighted by Gasteiger charge is 2.13. The number of rotatable bonds is 1. The van der Waals surface area contributed by atoms with Crippen LogP contribution in [0.1, 0.15) is 16.1 Å². The van der Waals surface area contributed by atoms with Crippen LogP contribution in [0.2, 0.25) is 0 Å². The summed E-state index contributed by atoms with van der Waals surface area (Å²) in [7, 11) is 1.22. The summed E-state index contributed by atoms with van der Waals surface area (Å²) < 4.78 is 4.38. The third-order valence-electron chi connectivity index (χ3n) is 1.40. The van der Waals surface area contributed by atoms with E-state index in [-0.39, 0.29) is 5.56 Å². The van der Waals surface area contributed by atoms with E-state index in [1.807, 2.05) is 0 Å². The fraction of sp³-hybridized carbons (Fsp3) is 0.250. The largest absolute Gasteiger partial charge is 0.465 e. The Morgan fingerprint density at radius 3 is 2.67 bits per heavy atom. The van der Waals surface area contributed by atoms with Gasteiger partial charge in [-0.1, -0.05) is 0 Å². The van der Waals surface area contributed by atoms with Crippen LogP contribution in [0, 0.1) is 6.92 Å². The first-order valence-electron chi connectivity index (χ1n) is 3.38. The van der Waals surface area contributed by atoms with Crippen molar-refractivity contribution in [2.75, 3.05) is 7.11 Å². The highest BCUT2D eigenvalue weighted by Crippen LogP contribution is 2.15. The predicted octanol–water partition coefficient (Wildman–Crippen LogP) is 1.32. The molecular formula is C8H8NO3. The second-order valence-electron chi connectivity index (χ2n) is 2.30. The topological polar surface area (TPSA) is 59.1 Å². The van der Waals surface area contributed by atoms with Gasteiger partial charge in [0.05, 0.1) is 7.11 Å². The minimum Gasteiger partial charge on any atom is -0.465 e. The fourth-order valence-electron chi connectivity index (χ4n) is 0.798. The Labute approximate surface area is 69.8 Å². The van der Waals surface area contributed by atoms with E-state index in [0.29, 0.717) is 5.69 Å². The molecule has 0 amide bonds.